The van der Waals surface area contributed by atoms with E-state index < -0.39 is 0 Å². The topological polar surface area (TPSA) is 52.7 Å². The monoisotopic (exact) mass is 473 g/mol. The molecule has 32 heavy (non-hydrogen) atoms. The minimum atomic E-state index is 0. The number of hydrogen-bond acceptors (Lipinski definition) is 4. The van der Waals surface area contributed by atoms with Crippen molar-refractivity contribution in [2.24, 2.45) is 0 Å². The summed E-state index contributed by atoms with van der Waals surface area (Å²) in [5.74, 6) is 1.03. The average Bonchev–Trinajstić information content (AvgIpc) is 3.57. The van der Waals surface area contributed by atoms with Crippen LogP contribution < -0.4 is 5.32 Å². The van der Waals surface area contributed by atoms with Crippen molar-refractivity contribution in [3.05, 3.63) is 64.7 Å². The van der Waals surface area contributed by atoms with E-state index in [1.165, 1.54) is 16.0 Å². The van der Waals surface area contributed by atoms with Crippen molar-refractivity contribution < 1.29 is 9.59 Å². The van der Waals surface area contributed by atoms with Gasteiger partial charge in [-0.25, -0.2) is 0 Å². The molecule has 1 N–H and O–H groups in total. The highest BCUT2D eigenvalue weighted by Crippen LogP contribution is 2.27. The largest absolute Gasteiger partial charge is 0.352 e. The molecule has 0 unspecified atom stereocenters. The number of nitrogens with one attached hydrogen (secondary N) is 1. The maximum atomic E-state index is 13.0. The summed E-state index contributed by atoms with van der Waals surface area (Å²) >= 11 is 1.81. The van der Waals surface area contributed by atoms with Crippen LogP contribution in [0.2, 0.25) is 0 Å². The quantitative estimate of drug-likeness (QED) is 0.616. The molecule has 0 atom stereocenters. The zero-order chi connectivity index (χ0) is 21.8. The molecule has 1 aliphatic heterocycles. The number of carbonyl (C=O) groups is 2. The molecule has 0 radical (unpaired) electrons. The normalized spacial score (nSPS) is 16.4. The first-order valence-electron chi connectivity index (χ1n) is 11.1. The standard InChI is InChI=1S/C25H31N3O2S.ClH/c1-18-6-9-23(19(2)14-18)31-17-20-4-3-5-21(15-20)25(30)28-12-10-27(11-13-28)16-24(29)26-22-7-8-22;/h3-6,9,14-15,22H,7-8,10-13,16-17H2,1-2H3,(H,26,29);1H. The van der Waals surface area contributed by atoms with E-state index in [0.29, 0.717) is 25.7 Å². The maximum Gasteiger partial charge on any atom is 0.253 e. The molecule has 5 nitrogen and oxygen atoms in total. The van der Waals surface area contributed by atoms with Crippen LogP contribution in [-0.2, 0) is 10.5 Å². The predicted octanol–water partition coefficient (Wildman–Crippen LogP) is 4.05. The Morgan fingerprint density at radius 2 is 1.78 bits per heavy atom. The van der Waals surface area contributed by atoms with E-state index in [0.717, 1.165) is 42.8 Å². The first-order chi connectivity index (χ1) is 15.0. The maximum absolute atomic E-state index is 13.0. The van der Waals surface area contributed by atoms with Gasteiger partial charge in [-0.3, -0.25) is 14.5 Å². The van der Waals surface area contributed by atoms with Gasteiger partial charge in [-0.05, 0) is 56.0 Å². The number of aryl methyl sites for hydroxylation is 2. The molecule has 1 saturated heterocycles. The lowest BCUT2D eigenvalue weighted by molar-refractivity contribution is -0.122. The molecule has 1 aliphatic carbocycles. The first-order valence-corrected chi connectivity index (χ1v) is 12.1. The van der Waals surface area contributed by atoms with Crippen LogP contribution >= 0.6 is 24.2 Å². The van der Waals surface area contributed by atoms with E-state index in [9.17, 15) is 9.59 Å². The lowest BCUT2D eigenvalue weighted by atomic mass is 10.1. The lowest BCUT2D eigenvalue weighted by Gasteiger charge is -2.34. The van der Waals surface area contributed by atoms with Gasteiger partial charge in [0, 0.05) is 48.4 Å². The van der Waals surface area contributed by atoms with Gasteiger partial charge in [0.2, 0.25) is 5.91 Å². The van der Waals surface area contributed by atoms with Gasteiger partial charge >= 0.3 is 0 Å². The number of rotatable bonds is 7. The third-order valence-electron chi connectivity index (χ3n) is 5.87. The van der Waals surface area contributed by atoms with Gasteiger partial charge < -0.3 is 10.2 Å². The van der Waals surface area contributed by atoms with Gasteiger partial charge in [0.05, 0.1) is 6.54 Å². The van der Waals surface area contributed by atoms with Crippen LogP contribution in [0.25, 0.3) is 0 Å². The van der Waals surface area contributed by atoms with Gasteiger partial charge in [-0.15, -0.1) is 24.2 Å². The third-order valence-corrected chi connectivity index (χ3v) is 7.11. The Morgan fingerprint density at radius 1 is 1.03 bits per heavy atom. The number of halogens is 1. The summed E-state index contributed by atoms with van der Waals surface area (Å²) in [5, 5.41) is 3.03. The highest BCUT2D eigenvalue weighted by molar-refractivity contribution is 7.98. The molecular formula is C25H32ClN3O2S. The molecule has 2 aromatic rings. The van der Waals surface area contributed by atoms with E-state index in [1.54, 1.807) is 0 Å². The zero-order valence-corrected chi connectivity index (χ0v) is 20.4. The number of piperazine rings is 1. The molecular weight excluding hydrogens is 442 g/mol. The smallest absolute Gasteiger partial charge is 0.253 e. The average molecular weight is 474 g/mol. The summed E-state index contributed by atoms with van der Waals surface area (Å²) in [6.07, 6.45) is 2.21. The van der Waals surface area contributed by atoms with Crippen molar-refractivity contribution in [2.45, 2.75) is 43.4 Å². The number of nitrogens with zero attached hydrogens (tertiary/aromatic N) is 2. The van der Waals surface area contributed by atoms with Crippen LogP contribution in [0.15, 0.2) is 47.4 Å². The van der Waals surface area contributed by atoms with Gasteiger partial charge in [-0.2, -0.15) is 0 Å². The Balaban J connectivity index is 0.00000289. The summed E-state index contributed by atoms with van der Waals surface area (Å²) < 4.78 is 0. The highest BCUT2D eigenvalue weighted by Gasteiger charge is 2.26. The van der Waals surface area contributed by atoms with Crippen molar-refractivity contribution >= 4 is 36.0 Å². The zero-order valence-electron chi connectivity index (χ0n) is 18.8. The Hall–Kier alpha value is -2.02. The van der Waals surface area contributed by atoms with E-state index in [4.69, 9.17) is 0 Å². The molecule has 1 heterocycles. The van der Waals surface area contributed by atoms with Crippen molar-refractivity contribution in [2.75, 3.05) is 32.7 Å². The second-order valence-electron chi connectivity index (χ2n) is 8.67. The summed E-state index contributed by atoms with van der Waals surface area (Å²) in [4.78, 5) is 30.4. The summed E-state index contributed by atoms with van der Waals surface area (Å²) in [6.45, 7) is 7.50. The van der Waals surface area contributed by atoms with Crippen LogP contribution in [0.4, 0.5) is 0 Å². The van der Waals surface area contributed by atoms with E-state index >= 15 is 0 Å². The Bertz CT molecular complexity index is 956. The van der Waals surface area contributed by atoms with E-state index in [-0.39, 0.29) is 24.2 Å². The molecule has 1 saturated carbocycles. The van der Waals surface area contributed by atoms with Crippen molar-refractivity contribution in [1.29, 1.82) is 0 Å². The van der Waals surface area contributed by atoms with Gasteiger partial charge in [0.15, 0.2) is 0 Å². The molecule has 2 aliphatic rings. The van der Waals surface area contributed by atoms with Crippen LogP contribution in [0.3, 0.4) is 0 Å². The number of hydrogen-bond donors (Lipinski definition) is 1. The van der Waals surface area contributed by atoms with E-state index in [1.807, 2.05) is 34.9 Å². The molecule has 2 amide bonds. The molecule has 172 valence electrons. The molecule has 7 heteroatoms. The van der Waals surface area contributed by atoms with Gasteiger partial charge in [0.1, 0.15) is 0 Å². The van der Waals surface area contributed by atoms with Gasteiger partial charge in [0.25, 0.3) is 5.91 Å². The number of thioether (sulfide) groups is 1. The minimum Gasteiger partial charge on any atom is -0.352 e. The summed E-state index contributed by atoms with van der Waals surface area (Å²) in [6, 6.07) is 14.9. The van der Waals surface area contributed by atoms with E-state index in [2.05, 4.69) is 48.3 Å². The lowest BCUT2D eigenvalue weighted by Crippen LogP contribution is -2.51. The molecule has 0 aromatic heterocycles. The first kappa shape index (κ1) is 24.6. The Morgan fingerprint density at radius 3 is 2.47 bits per heavy atom. The number of benzene rings is 2. The molecule has 0 bridgehead atoms. The van der Waals surface area contributed by atoms with Crippen LogP contribution in [0.5, 0.6) is 0 Å². The fourth-order valence-electron chi connectivity index (χ4n) is 3.91. The summed E-state index contributed by atoms with van der Waals surface area (Å²) in [5.41, 5.74) is 4.48. The van der Waals surface area contributed by atoms with Crippen molar-refractivity contribution in [3.63, 3.8) is 0 Å². The van der Waals surface area contributed by atoms with Gasteiger partial charge in [-0.1, -0.05) is 29.8 Å². The van der Waals surface area contributed by atoms with Crippen LogP contribution in [0, 0.1) is 13.8 Å². The molecule has 4 rings (SSSR count). The SMILES string of the molecule is Cc1ccc(SCc2cccc(C(=O)N3CCN(CC(=O)NC4CC4)CC3)c2)c(C)c1.Cl. The number of amides is 2. The molecule has 2 aromatic carbocycles. The summed E-state index contributed by atoms with van der Waals surface area (Å²) in [7, 11) is 0. The third kappa shape index (κ3) is 6.74. The van der Waals surface area contributed by atoms with Crippen LogP contribution in [0.1, 0.15) is 39.9 Å². The Kier molecular flexibility index (Phi) is 8.63. The Labute approximate surface area is 201 Å². The van der Waals surface area contributed by atoms with Crippen LogP contribution in [-0.4, -0.2) is 60.4 Å². The highest BCUT2D eigenvalue weighted by atomic mass is 35.5. The fourth-order valence-corrected chi connectivity index (χ4v) is 4.86. The minimum absolute atomic E-state index is 0. The number of carbonyl (C=O) groups excluding carboxylic acids is 2. The predicted molar refractivity (Wildman–Crippen MR) is 133 cm³/mol. The molecule has 0 spiro atoms. The second-order valence-corrected chi connectivity index (χ2v) is 9.69. The molecule has 2 fully saturated rings. The van der Waals surface area contributed by atoms with Crippen molar-refractivity contribution in [1.82, 2.24) is 15.1 Å². The fraction of sp³-hybridized carbons (Fsp3) is 0.440. The second kappa shape index (κ2) is 11.2. The van der Waals surface area contributed by atoms with Crippen molar-refractivity contribution in [3.8, 4) is 0 Å².